The first-order valence-corrected chi connectivity index (χ1v) is 12.6. The molecule has 1 saturated heterocycles. The number of nitrogens with one attached hydrogen (secondary N) is 1. The number of hydrogen-bond donors (Lipinski definition) is 1. The van der Waals surface area contributed by atoms with Gasteiger partial charge in [0.1, 0.15) is 13.2 Å². The van der Waals surface area contributed by atoms with Crippen molar-refractivity contribution < 1.29 is 14.3 Å². The van der Waals surface area contributed by atoms with Crippen molar-refractivity contribution in [1.29, 1.82) is 0 Å². The second kappa shape index (κ2) is 9.49. The van der Waals surface area contributed by atoms with Crippen molar-refractivity contribution in [2.24, 2.45) is 5.41 Å². The van der Waals surface area contributed by atoms with E-state index in [9.17, 15) is 4.79 Å². The molecule has 5 rings (SSSR count). The van der Waals surface area contributed by atoms with Crippen LogP contribution < -0.4 is 19.7 Å². The summed E-state index contributed by atoms with van der Waals surface area (Å²) in [6.07, 6.45) is 2.59. The van der Waals surface area contributed by atoms with Crippen molar-refractivity contribution in [1.82, 2.24) is 4.90 Å². The van der Waals surface area contributed by atoms with Gasteiger partial charge in [-0.1, -0.05) is 45.0 Å². The smallest absolute Gasteiger partial charge is 0.184 e. The van der Waals surface area contributed by atoms with Gasteiger partial charge < -0.3 is 19.7 Å². The maximum absolute atomic E-state index is 13.7. The number of hydrogen-bond acceptors (Lipinski definition) is 6. The Hall–Kier alpha value is -2.73. The molecule has 0 bridgehead atoms. The lowest BCUT2D eigenvalue weighted by Crippen LogP contribution is -2.59. The van der Waals surface area contributed by atoms with Gasteiger partial charge in [-0.25, -0.2) is 0 Å². The van der Waals surface area contributed by atoms with Gasteiger partial charge in [0.15, 0.2) is 17.3 Å². The molecule has 0 saturated carbocycles. The molecule has 6 nitrogen and oxygen atoms in total. The maximum atomic E-state index is 13.7. The minimum atomic E-state index is -0.112. The zero-order valence-corrected chi connectivity index (χ0v) is 20.7. The van der Waals surface area contributed by atoms with Crippen LogP contribution in [0.15, 0.2) is 42.5 Å². The first-order valence-electron chi connectivity index (χ1n) is 12.6. The molecule has 3 aliphatic rings. The second-order valence-electron chi connectivity index (χ2n) is 10.9. The predicted molar refractivity (Wildman–Crippen MR) is 136 cm³/mol. The van der Waals surface area contributed by atoms with Crippen molar-refractivity contribution in [2.75, 3.05) is 49.6 Å². The van der Waals surface area contributed by atoms with E-state index in [1.807, 2.05) is 12.1 Å². The van der Waals surface area contributed by atoms with Crippen LogP contribution in [0.5, 0.6) is 11.5 Å². The van der Waals surface area contributed by atoms with E-state index >= 15 is 0 Å². The summed E-state index contributed by atoms with van der Waals surface area (Å²) in [5.74, 6) is 2.04. The Morgan fingerprint density at radius 3 is 2.59 bits per heavy atom. The Labute approximate surface area is 203 Å². The molecular weight excluding hydrogens is 426 g/mol. The number of carbonyl (C=O) groups excluding carboxylic acids is 1. The molecule has 3 aliphatic heterocycles. The molecule has 2 aromatic carbocycles. The van der Waals surface area contributed by atoms with Crippen LogP contribution in [0.3, 0.4) is 0 Å². The zero-order chi connectivity index (χ0) is 23.7. The Morgan fingerprint density at radius 2 is 1.79 bits per heavy atom. The average Bonchev–Trinajstić information content (AvgIpc) is 2.83. The summed E-state index contributed by atoms with van der Waals surface area (Å²) in [6.45, 7) is 11.1. The molecule has 0 spiro atoms. The minimum Gasteiger partial charge on any atom is -0.486 e. The first-order chi connectivity index (χ1) is 16.4. The van der Waals surface area contributed by atoms with Crippen molar-refractivity contribution >= 4 is 17.2 Å². The molecule has 2 aromatic rings. The molecule has 0 aromatic heterocycles. The van der Waals surface area contributed by atoms with E-state index in [1.165, 1.54) is 11.3 Å². The number of ether oxygens (including phenoxy) is 2. The van der Waals surface area contributed by atoms with Gasteiger partial charge in [0, 0.05) is 44.3 Å². The van der Waals surface area contributed by atoms with Gasteiger partial charge in [-0.05, 0) is 42.0 Å². The summed E-state index contributed by atoms with van der Waals surface area (Å²) in [4.78, 5) is 18.5. The molecule has 1 N–H and O–H groups in total. The van der Waals surface area contributed by atoms with E-state index in [1.54, 1.807) is 0 Å². The van der Waals surface area contributed by atoms with Gasteiger partial charge >= 0.3 is 0 Å². The summed E-state index contributed by atoms with van der Waals surface area (Å²) in [5, 5.41) is 3.73. The second-order valence-corrected chi connectivity index (χ2v) is 10.9. The fraction of sp³-hybridized carbons (Fsp3) is 0.536. The van der Waals surface area contributed by atoms with Crippen LogP contribution in [-0.4, -0.2) is 62.2 Å². The Morgan fingerprint density at radius 1 is 1.03 bits per heavy atom. The monoisotopic (exact) mass is 463 g/mol. The molecule has 2 atom stereocenters. The van der Waals surface area contributed by atoms with E-state index < -0.39 is 0 Å². The highest BCUT2D eigenvalue weighted by atomic mass is 16.6. The lowest BCUT2D eigenvalue weighted by Gasteiger charge is -2.44. The van der Waals surface area contributed by atoms with E-state index in [4.69, 9.17) is 9.47 Å². The number of carbonyl (C=O) groups is 1. The molecule has 182 valence electrons. The average molecular weight is 464 g/mol. The number of para-hydroxylation sites is 2. The fourth-order valence-electron chi connectivity index (χ4n) is 5.56. The number of fused-ring (bicyclic) bond motifs is 2. The van der Waals surface area contributed by atoms with Crippen LogP contribution >= 0.6 is 0 Å². The van der Waals surface area contributed by atoms with Gasteiger partial charge in [-0.3, -0.25) is 9.69 Å². The number of rotatable bonds is 5. The number of nitrogens with zero attached hydrogens (tertiary/aromatic N) is 2. The van der Waals surface area contributed by atoms with Gasteiger partial charge in [-0.2, -0.15) is 0 Å². The van der Waals surface area contributed by atoms with Crippen LogP contribution in [0.1, 0.15) is 39.2 Å². The molecule has 34 heavy (non-hydrogen) atoms. The lowest BCUT2D eigenvalue weighted by atomic mass is 9.83. The SMILES string of the molecule is CC(C)(C)CC(=O)C(C1CCc2ccccc2N1)N1CCN(c2cccc3c2OCCO3)CC1. The van der Waals surface area contributed by atoms with Crippen molar-refractivity contribution in [3.05, 3.63) is 48.0 Å². The standard InChI is InChI=1S/C28H37N3O3/c1-28(2,3)19-24(32)26(22-12-11-20-7-4-5-8-21(20)29-22)31-15-13-30(14-16-31)23-9-6-10-25-27(23)34-18-17-33-25/h4-10,22,26,29H,11-19H2,1-3H3. The van der Waals surface area contributed by atoms with E-state index in [-0.39, 0.29) is 17.5 Å². The highest BCUT2D eigenvalue weighted by molar-refractivity contribution is 5.86. The number of piperazine rings is 1. The van der Waals surface area contributed by atoms with Crippen molar-refractivity contribution in [2.45, 2.75) is 52.1 Å². The summed E-state index contributed by atoms with van der Waals surface area (Å²) < 4.78 is 11.7. The molecule has 3 heterocycles. The molecule has 1 fully saturated rings. The topological polar surface area (TPSA) is 54.0 Å². The number of Topliss-reactive ketones (excluding diaryl/α,β-unsaturated/α-hetero) is 1. The normalized spacial score (nSPS) is 21.4. The lowest BCUT2D eigenvalue weighted by molar-refractivity contribution is -0.126. The third kappa shape index (κ3) is 4.88. The molecule has 2 unspecified atom stereocenters. The van der Waals surface area contributed by atoms with Gasteiger partial charge in [0.2, 0.25) is 0 Å². The quantitative estimate of drug-likeness (QED) is 0.710. The van der Waals surface area contributed by atoms with Gasteiger partial charge in [0.05, 0.1) is 11.7 Å². The third-order valence-corrected chi connectivity index (χ3v) is 7.09. The summed E-state index contributed by atoms with van der Waals surface area (Å²) in [5.41, 5.74) is 3.60. The molecule has 0 amide bonds. The Kier molecular flexibility index (Phi) is 6.43. The zero-order valence-electron chi connectivity index (χ0n) is 20.7. The summed E-state index contributed by atoms with van der Waals surface area (Å²) >= 11 is 0. The number of aryl methyl sites for hydroxylation is 1. The summed E-state index contributed by atoms with van der Waals surface area (Å²) in [6, 6.07) is 14.7. The maximum Gasteiger partial charge on any atom is 0.184 e. The predicted octanol–water partition coefficient (Wildman–Crippen LogP) is 4.38. The van der Waals surface area contributed by atoms with E-state index in [2.05, 4.69) is 66.2 Å². The van der Waals surface area contributed by atoms with Crippen LogP contribution in [0.4, 0.5) is 11.4 Å². The minimum absolute atomic E-state index is 0.0236. The van der Waals surface area contributed by atoms with Gasteiger partial charge in [-0.15, -0.1) is 0 Å². The van der Waals surface area contributed by atoms with Crippen molar-refractivity contribution in [3.8, 4) is 11.5 Å². The first kappa shape index (κ1) is 23.0. The number of benzene rings is 2. The highest BCUT2D eigenvalue weighted by Crippen LogP contribution is 2.40. The number of ketones is 1. The van der Waals surface area contributed by atoms with Gasteiger partial charge in [0.25, 0.3) is 0 Å². The largest absolute Gasteiger partial charge is 0.486 e. The third-order valence-electron chi connectivity index (χ3n) is 7.09. The fourth-order valence-corrected chi connectivity index (χ4v) is 5.56. The molecular formula is C28H37N3O3. The molecule has 0 radical (unpaired) electrons. The van der Waals surface area contributed by atoms with Crippen LogP contribution in [0.25, 0.3) is 0 Å². The Bertz CT molecular complexity index is 1020. The number of anilines is 2. The van der Waals surface area contributed by atoms with Crippen LogP contribution in [0, 0.1) is 5.41 Å². The Balaban J connectivity index is 1.33. The van der Waals surface area contributed by atoms with Crippen molar-refractivity contribution in [3.63, 3.8) is 0 Å². The molecule has 0 aliphatic carbocycles. The summed E-state index contributed by atoms with van der Waals surface area (Å²) in [7, 11) is 0. The van der Waals surface area contributed by atoms with Crippen LogP contribution in [0.2, 0.25) is 0 Å². The van der Waals surface area contributed by atoms with E-state index in [0.29, 0.717) is 25.4 Å². The highest BCUT2D eigenvalue weighted by Gasteiger charge is 2.38. The van der Waals surface area contributed by atoms with Crippen LogP contribution in [-0.2, 0) is 11.2 Å². The molecule has 6 heteroatoms. The van der Waals surface area contributed by atoms with E-state index in [0.717, 1.165) is 56.2 Å².